The van der Waals surface area contributed by atoms with Crippen LogP contribution in [0.4, 0.5) is 5.69 Å². The van der Waals surface area contributed by atoms with Crippen molar-refractivity contribution in [2.75, 3.05) is 11.9 Å². The molecule has 1 heterocycles. The lowest BCUT2D eigenvalue weighted by molar-refractivity contribution is 0.368. The van der Waals surface area contributed by atoms with Gasteiger partial charge < -0.3 is 10.1 Å². The van der Waals surface area contributed by atoms with E-state index < -0.39 is 0 Å². The van der Waals surface area contributed by atoms with E-state index in [1.165, 1.54) is 0 Å². The zero-order valence-electron chi connectivity index (χ0n) is 9.96. The number of hydrogen-bond donors (Lipinski definition) is 1. The van der Waals surface area contributed by atoms with Crippen LogP contribution in [0.3, 0.4) is 0 Å². The van der Waals surface area contributed by atoms with E-state index in [2.05, 4.69) is 17.2 Å². The second kappa shape index (κ2) is 6.03. The molecule has 92 valence electrons. The molecule has 18 heavy (non-hydrogen) atoms. The Morgan fingerprint density at radius 2 is 2.44 bits per heavy atom. The molecule has 0 saturated heterocycles. The van der Waals surface area contributed by atoms with Gasteiger partial charge in [-0.25, -0.2) is 4.98 Å². The van der Waals surface area contributed by atoms with Gasteiger partial charge in [0.15, 0.2) is 6.61 Å². The van der Waals surface area contributed by atoms with Crippen LogP contribution < -0.4 is 10.1 Å². The van der Waals surface area contributed by atoms with Gasteiger partial charge in [-0.2, -0.15) is 5.26 Å². The summed E-state index contributed by atoms with van der Waals surface area (Å²) >= 11 is 1.58. The summed E-state index contributed by atoms with van der Waals surface area (Å²) in [5, 5.41) is 13.8. The molecule has 1 atom stereocenters. The third-order valence-electron chi connectivity index (χ3n) is 2.42. The second-order valence-electron chi connectivity index (χ2n) is 3.75. The molecular weight excluding hydrogens is 246 g/mol. The van der Waals surface area contributed by atoms with Crippen molar-refractivity contribution in [2.45, 2.75) is 13.0 Å². The molecule has 0 amide bonds. The summed E-state index contributed by atoms with van der Waals surface area (Å²) in [6.45, 7) is 2.11. The van der Waals surface area contributed by atoms with Crippen LogP contribution in [0.1, 0.15) is 18.7 Å². The van der Waals surface area contributed by atoms with Crippen LogP contribution in [0.25, 0.3) is 0 Å². The second-order valence-corrected chi connectivity index (χ2v) is 4.47. The number of anilines is 1. The van der Waals surface area contributed by atoms with Crippen LogP contribution in [0, 0.1) is 11.3 Å². The average Bonchev–Trinajstić information content (AvgIpc) is 2.91. The maximum Gasteiger partial charge on any atom is 0.174 e. The van der Waals surface area contributed by atoms with E-state index in [4.69, 9.17) is 10.00 Å². The fraction of sp³-hybridized carbons (Fsp3) is 0.231. The molecule has 0 fully saturated rings. The summed E-state index contributed by atoms with van der Waals surface area (Å²) in [4.78, 5) is 4.27. The Balaban J connectivity index is 2.03. The first-order chi connectivity index (χ1) is 8.79. The minimum atomic E-state index is 0.0606. The average molecular weight is 259 g/mol. The molecule has 2 aromatic rings. The van der Waals surface area contributed by atoms with Gasteiger partial charge in [-0.15, -0.1) is 11.3 Å². The summed E-state index contributed by atoms with van der Waals surface area (Å²) in [6.07, 6.45) is 0. The summed E-state index contributed by atoms with van der Waals surface area (Å²) in [7, 11) is 0. The Morgan fingerprint density at radius 1 is 1.56 bits per heavy atom. The monoisotopic (exact) mass is 259 g/mol. The maximum absolute atomic E-state index is 8.47. The molecule has 1 N–H and O–H groups in total. The zero-order valence-corrected chi connectivity index (χ0v) is 10.8. The van der Waals surface area contributed by atoms with Gasteiger partial charge in [-0.05, 0) is 19.1 Å². The number of aromatic nitrogens is 1. The van der Waals surface area contributed by atoms with E-state index in [1.807, 2.05) is 41.2 Å². The molecule has 5 heteroatoms. The third kappa shape index (κ3) is 3.22. The van der Waals surface area contributed by atoms with Crippen LogP contribution in [0.5, 0.6) is 5.75 Å². The van der Waals surface area contributed by atoms with Crippen LogP contribution >= 0.6 is 11.3 Å². The lowest BCUT2D eigenvalue weighted by atomic mass is 10.2. The zero-order chi connectivity index (χ0) is 12.8. The molecule has 0 aliphatic rings. The number of benzene rings is 1. The van der Waals surface area contributed by atoms with E-state index in [-0.39, 0.29) is 12.6 Å². The number of rotatable bonds is 5. The number of hydrogen-bond acceptors (Lipinski definition) is 5. The first-order valence-electron chi connectivity index (χ1n) is 5.54. The molecule has 0 aliphatic carbocycles. The molecule has 1 aromatic carbocycles. The van der Waals surface area contributed by atoms with Gasteiger partial charge in [0.05, 0.1) is 17.2 Å². The van der Waals surface area contributed by atoms with Crippen molar-refractivity contribution in [2.24, 2.45) is 0 Å². The van der Waals surface area contributed by atoms with Crippen molar-refractivity contribution in [1.82, 2.24) is 4.98 Å². The summed E-state index contributed by atoms with van der Waals surface area (Å²) in [5.74, 6) is 0.687. The maximum atomic E-state index is 8.47. The first kappa shape index (κ1) is 12.4. The van der Waals surface area contributed by atoms with Gasteiger partial charge in [-0.1, -0.05) is 6.07 Å². The highest BCUT2D eigenvalue weighted by molar-refractivity contribution is 7.07. The summed E-state index contributed by atoms with van der Waals surface area (Å²) in [6, 6.07) is 9.65. The Morgan fingerprint density at radius 3 is 3.17 bits per heavy atom. The van der Waals surface area contributed by atoms with Crippen LogP contribution in [-0.2, 0) is 0 Å². The van der Waals surface area contributed by atoms with Crippen molar-refractivity contribution in [1.29, 1.82) is 5.26 Å². The highest BCUT2D eigenvalue weighted by Crippen LogP contribution is 2.22. The molecule has 0 spiro atoms. The lowest BCUT2D eigenvalue weighted by Crippen LogP contribution is -2.06. The molecular formula is C13H13N3OS. The highest BCUT2D eigenvalue weighted by atomic mass is 32.1. The van der Waals surface area contributed by atoms with E-state index in [0.717, 1.165) is 11.4 Å². The van der Waals surface area contributed by atoms with E-state index in [9.17, 15) is 0 Å². The molecule has 0 saturated carbocycles. The molecule has 1 aromatic heterocycles. The van der Waals surface area contributed by atoms with Gasteiger partial charge in [0.2, 0.25) is 0 Å². The lowest BCUT2D eigenvalue weighted by Gasteiger charge is -2.13. The van der Waals surface area contributed by atoms with Crippen molar-refractivity contribution < 1.29 is 4.74 Å². The summed E-state index contributed by atoms with van der Waals surface area (Å²) in [5.41, 5.74) is 3.79. The molecule has 2 rings (SSSR count). The first-order valence-corrected chi connectivity index (χ1v) is 6.48. The van der Waals surface area contributed by atoms with Gasteiger partial charge in [-0.3, -0.25) is 0 Å². The fourth-order valence-electron chi connectivity index (χ4n) is 1.55. The molecule has 0 radical (unpaired) electrons. The number of nitrogens with one attached hydrogen (secondary N) is 1. The number of thiazole rings is 1. The number of ether oxygens (including phenoxy) is 1. The van der Waals surface area contributed by atoms with Gasteiger partial charge in [0.1, 0.15) is 11.8 Å². The number of nitrogens with zero attached hydrogens (tertiary/aromatic N) is 2. The van der Waals surface area contributed by atoms with Crippen LogP contribution in [0.15, 0.2) is 35.2 Å². The van der Waals surface area contributed by atoms with Crippen molar-refractivity contribution >= 4 is 17.0 Å². The minimum absolute atomic E-state index is 0.0606. The molecule has 4 nitrogen and oxygen atoms in total. The predicted octanol–water partition coefficient (Wildman–Crippen LogP) is 3.22. The minimum Gasteiger partial charge on any atom is -0.479 e. The largest absolute Gasteiger partial charge is 0.479 e. The van der Waals surface area contributed by atoms with Crippen LogP contribution in [-0.4, -0.2) is 11.6 Å². The summed E-state index contributed by atoms with van der Waals surface area (Å²) < 4.78 is 5.25. The predicted molar refractivity (Wildman–Crippen MR) is 71.7 cm³/mol. The van der Waals surface area contributed by atoms with Crippen molar-refractivity contribution in [3.8, 4) is 11.8 Å². The quantitative estimate of drug-likeness (QED) is 0.895. The Hall–Kier alpha value is -2.06. The number of nitriles is 1. The van der Waals surface area contributed by atoms with Gasteiger partial charge in [0, 0.05) is 17.1 Å². The molecule has 1 unspecified atom stereocenters. The Labute approximate surface area is 110 Å². The molecule has 0 bridgehead atoms. The molecule has 0 aliphatic heterocycles. The van der Waals surface area contributed by atoms with Crippen molar-refractivity contribution in [3.05, 3.63) is 40.8 Å². The Bertz CT molecular complexity index is 533. The van der Waals surface area contributed by atoms with E-state index in [0.29, 0.717) is 5.75 Å². The smallest absolute Gasteiger partial charge is 0.174 e. The third-order valence-corrected chi connectivity index (χ3v) is 3.02. The normalized spacial score (nSPS) is 11.6. The van der Waals surface area contributed by atoms with Gasteiger partial charge in [0.25, 0.3) is 0 Å². The van der Waals surface area contributed by atoms with E-state index >= 15 is 0 Å². The Kier molecular flexibility index (Phi) is 4.15. The van der Waals surface area contributed by atoms with Crippen molar-refractivity contribution in [3.63, 3.8) is 0 Å². The van der Waals surface area contributed by atoms with Crippen LogP contribution in [0.2, 0.25) is 0 Å². The van der Waals surface area contributed by atoms with E-state index in [1.54, 1.807) is 11.3 Å². The topological polar surface area (TPSA) is 57.9 Å². The highest BCUT2D eigenvalue weighted by Gasteiger charge is 2.07. The fourth-order valence-corrected chi connectivity index (χ4v) is 2.20. The SMILES string of the molecule is CC(Nc1cccc(OCC#N)c1)c1cscn1. The standard InChI is InChI=1S/C13H13N3OS/c1-10(13-8-18-9-15-13)16-11-3-2-4-12(7-11)17-6-5-14/h2-4,7-10,16H,6H2,1H3. The van der Waals surface area contributed by atoms with Gasteiger partial charge >= 0.3 is 0 Å².